The van der Waals surface area contributed by atoms with E-state index in [1.165, 1.54) is 4.68 Å². The molecule has 29 heavy (non-hydrogen) atoms. The molecule has 1 aromatic heterocycles. The summed E-state index contributed by atoms with van der Waals surface area (Å²) in [6.45, 7) is 6.81. The molecule has 156 valence electrons. The van der Waals surface area contributed by atoms with Gasteiger partial charge in [-0.3, -0.25) is 14.3 Å². The number of anilines is 1. The molecule has 2 unspecified atom stereocenters. The van der Waals surface area contributed by atoms with Crippen LogP contribution in [0.3, 0.4) is 0 Å². The zero-order chi connectivity index (χ0) is 21.1. The Bertz CT molecular complexity index is 875. The van der Waals surface area contributed by atoms with Crippen LogP contribution in [0.2, 0.25) is 0 Å². The van der Waals surface area contributed by atoms with Crippen LogP contribution in [0.1, 0.15) is 41.7 Å². The quantitative estimate of drug-likeness (QED) is 0.772. The maximum absolute atomic E-state index is 12.4. The zero-order valence-electron chi connectivity index (χ0n) is 17.3. The summed E-state index contributed by atoms with van der Waals surface area (Å²) in [4.78, 5) is 26.4. The molecule has 8 nitrogen and oxygen atoms in total. The Labute approximate surface area is 170 Å². The number of carbonyl (C=O) groups excluding carboxylic acids is 2. The molecule has 1 fully saturated rings. The number of rotatable bonds is 6. The first kappa shape index (κ1) is 21.0. The van der Waals surface area contributed by atoms with Gasteiger partial charge in [0.05, 0.1) is 18.3 Å². The number of nitrogens with one attached hydrogen (secondary N) is 1. The van der Waals surface area contributed by atoms with Crippen molar-refractivity contribution in [1.82, 2.24) is 14.7 Å². The van der Waals surface area contributed by atoms with Gasteiger partial charge in [0.15, 0.2) is 0 Å². The highest BCUT2D eigenvalue weighted by Crippen LogP contribution is 2.26. The lowest BCUT2D eigenvalue weighted by atomic mass is 9.99. The third-order valence-electron chi connectivity index (χ3n) is 4.91. The van der Waals surface area contributed by atoms with E-state index in [-0.39, 0.29) is 25.0 Å². The number of aromatic nitrogens is 2. The average Bonchev–Trinajstić information content (AvgIpc) is 3.01. The molecule has 8 heteroatoms. The van der Waals surface area contributed by atoms with Gasteiger partial charge < -0.3 is 20.1 Å². The third kappa shape index (κ3) is 4.83. The van der Waals surface area contributed by atoms with E-state index in [0.29, 0.717) is 29.4 Å². The van der Waals surface area contributed by atoms with Crippen molar-refractivity contribution in [1.29, 1.82) is 0 Å². The Hall–Kier alpha value is -2.71. The van der Waals surface area contributed by atoms with Crippen LogP contribution in [0.25, 0.3) is 0 Å². The highest BCUT2D eigenvalue weighted by molar-refractivity contribution is 6.03. The van der Waals surface area contributed by atoms with Gasteiger partial charge in [-0.2, -0.15) is 5.10 Å². The number of aliphatic hydroxyl groups is 1. The van der Waals surface area contributed by atoms with Gasteiger partial charge >= 0.3 is 0 Å². The van der Waals surface area contributed by atoms with Gasteiger partial charge in [0.25, 0.3) is 5.91 Å². The van der Waals surface area contributed by atoms with Gasteiger partial charge in [-0.15, -0.1) is 0 Å². The van der Waals surface area contributed by atoms with Crippen molar-refractivity contribution in [2.24, 2.45) is 13.0 Å². The molecule has 0 aliphatic carbocycles. The predicted molar refractivity (Wildman–Crippen MR) is 108 cm³/mol. The van der Waals surface area contributed by atoms with Crippen LogP contribution in [0.4, 0.5) is 5.69 Å². The number of aryl methyl sites for hydroxylation is 2. The molecule has 1 aliphatic heterocycles. The second-order valence-electron chi connectivity index (χ2n) is 7.84. The molecule has 1 saturated heterocycles. The van der Waals surface area contributed by atoms with Crippen molar-refractivity contribution in [2.45, 2.75) is 32.9 Å². The van der Waals surface area contributed by atoms with E-state index in [0.717, 1.165) is 5.69 Å². The maximum atomic E-state index is 12.4. The average molecular weight is 400 g/mol. The maximum Gasteiger partial charge on any atom is 0.273 e. The molecule has 2 N–H and O–H groups in total. The van der Waals surface area contributed by atoms with Crippen LogP contribution in [0, 0.1) is 12.8 Å². The summed E-state index contributed by atoms with van der Waals surface area (Å²) in [6.07, 6.45) is -0.873. The van der Waals surface area contributed by atoms with Gasteiger partial charge in [0.1, 0.15) is 18.4 Å². The number of amides is 2. The largest absolute Gasteiger partial charge is 0.386 e. The van der Waals surface area contributed by atoms with Crippen LogP contribution >= 0.6 is 0 Å². The van der Waals surface area contributed by atoms with Crippen LogP contribution < -0.4 is 5.32 Å². The minimum atomic E-state index is -0.873. The molecule has 3 rings (SSSR count). The molecule has 2 heterocycles. The van der Waals surface area contributed by atoms with E-state index in [1.54, 1.807) is 42.3 Å². The third-order valence-corrected chi connectivity index (χ3v) is 4.91. The lowest BCUT2D eigenvalue weighted by Gasteiger charge is -2.39. The highest BCUT2D eigenvalue weighted by Gasteiger charge is 2.34. The first-order valence-corrected chi connectivity index (χ1v) is 9.73. The molecule has 1 aliphatic rings. The van der Waals surface area contributed by atoms with Crippen molar-refractivity contribution in [3.05, 3.63) is 47.3 Å². The SMILES string of the molecule is Cc1cc(C(=O)Nc2ccc(C(O)C3COCC(=O)N3CC(C)C)cc2)n(C)n1. The van der Waals surface area contributed by atoms with E-state index in [9.17, 15) is 14.7 Å². The summed E-state index contributed by atoms with van der Waals surface area (Å²) in [6, 6.07) is 8.26. The molecule has 2 atom stereocenters. The molecule has 2 amide bonds. The Morgan fingerprint density at radius 1 is 1.34 bits per heavy atom. The van der Waals surface area contributed by atoms with Gasteiger partial charge in [-0.25, -0.2) is 0 Å². The number of benzene rings is 1. The van der Waals surface area contributed by atoms with Crippen molar-refractivity contribution < 1.29 is 19.4 Å². The van der Waals surface area contributed by atoms with E-state index in [1.807, 2.05) is 20.8 Å². The van der Waals surface area contributed by atoms with Crippen molar-refractivity contribution in [3.63, 3.8) is 0 Å². The standard InChI is InChI=1S/C21H28N4O4/c1-13(2)10-25-18(11-29-12-19(25)26)20(27)15-5-7-16(8-6-15)22-21(28)17-9-14(3)23-24(17)4/h5-9,13,18,20,27H,10-12H2,1-4H3,(H,22,28). The van der Waals surface area contributed by atoms with E-state index in [2.05, 4.69) is 10.4 Å². The summed E-state index contributed by atoms with van der Waals surface area (Å²) in [7, 11) is 1.72. The normalized spacial score (nSPS) is 18.2. The summed E-state index contributed by atoms with van der Waals surface area (Å²) < 4.78 is 6.90. The Kier molecular flexibility index (Phi) is 6.34. The highest BCUT2D eigenvalue weighted by atomic mass is 16.5. The van der Waals surface area contributed by atoms with Crippen LogP contribution in [-0.2, 0) is 16.6 Å². The second kappa shape index (κ2) is 8.75. The van der Waals surface area contributed by atoms with Crippen LogP contribution in [0.5, 0.6) is 0 Å². The minimum Gasteiger partial charge on any atom is -0.386 e. The fourth-order valence-corrected chi connectivity index (χ4v) is 3.52. The number of morpholine rings is 1. The van der Waals surface area contributed by atoms with Gasteiger partial charge in [-0.05, 0) is 36.6 Å². The molecule has 0 bridgehead atoms. The van der Waals surface area contributed by atoms with Gasteiger partial charge in [0, 0.05) is 19.3 Å². The van der Waals surface area contributed by atoms with E-state index >= 15 is 0 Å². The lowest BCUT2D eigenvalue weighted by molar-refractivity contribution is -0.155. The summed E-state index contributed by atoms with van der Waals surface area (Å²) >= 11 is 0. The van der Waals surface area contributed by atoms with Crippen LogP contribution in [0.15, 0.2) is 30.3 Å². The predicted octanol–water partition coefficient (Wildman–Crippen LogP) is 1.90. The van der Waals surface area contributed by atoms with Crippen molar-refractivity contribution in [3.8, 4) is 0 Å². The fraction of sp³-hybridized carbons (Fsp3) is 0.476. The molecular weight excluding hydrogens is 372 g/mol. The van der Waals surface area contributed by atoms with E-state index in [4.69, 9.17) is 4.74 Å². The van der Waals surface area contributed by atoms with Crippen molar-refractivity contribution >= 4 is 17.5 Å². The number of hydrogen-bond donors (Lipinski definition) is 2. The lowest BCUT2D eigenvalue weighted by Crippen LogP contribution is -2.53. The first-order chi connectivity index (χ1) is 13.8. The second-order valence-corrected chi connectivity index (χ2v) is 7.84. The Morgan fingerprint density at radius 3 is 2.62 bits per heavy atom. The Balaban J connectivity index is 1.71. The minimum absolute atomic E-state index is 0.0500. The van der Waals surface area contributed by atoms with Crippen molar-refractivity contribution in [2.75, 3.05) is 25.1 Å². The molecule has 1 aromatic carbocycles. The molecule has 0 spiro atoms. The molecule has 0 radical (unpaired) electrons. The topological polar surface area (TPSA) is 96.7 Å². The molecular formula is C21H28N4O4. The zero-order valence-corrected chi connectivity index (χ0v) is 17.3. The van der Waals surface area contributed by atoms with E-state index < -0.39 is 12.1 Å². The first-order valence-electron chi connectivity index (χ1n) is 9.73. The number of aliphatic hydroxyl groups excluding tert-OH is 1. The monoisotopic (exact) mass is 400 g/mol. The number of carbonyl (C=O) groups is 2. The summed E-state index contributed by atoms with van der Waals surface area (Å²) in [5, 5.41) is 17.9. The number of ether oxygens (including phenoxy) is 1. The summed E-state index contributed by atoms with van der Waals surface area (Å²) in [5.74, 6) is -0.0693. The number of nitrogens with zero attached hydrogens (tertiary/aromatic N) is 3. The Morgan fingerprint density at radius 2 is 2.03 bits per heavy atom. The molecule has 0 saturated carbocycles. The van der Waals surface area contributed by atoms with Gasteiger partial charge in [0.2, 0.25) is 5.91 Å². The summed E-state index contributed by atoms with van der Waals surface area (Å²) in [5.41, 5.74) is 2.51. The smallest absolute Gasteiger partial charge is 0.273 e. The van der Waals surface area contributed by atoms with Crippen LogP contribution in [-0.4, -0.2) is 57.4 Å². The molecule has 2 aromatic rings. The number of hydrogen-bond acceptors (Lipinski definition) is 5. The fourth-order valence-electron chi connectivity index (χ4n) is 3.52. The van der Waals surface area contributed by atoms with Gasteiger partial charge in [-0.1, -0.05) is 26.0 Å².